The number of rotatable bonds is 8. The van der Waals surface area contributed by atoms with Gasteiger partial charge < -0.3 is 19.4 Å². The molecule has 3 rings (SSSR count). The second-order valence-electron chi connectivity index (χ2n) is 6.70. The average Bonchev–Trinajstić information content (AvgIpc) is 2.73. The number of benzene rings is 1. The summed E-state index contributed by atoms with van der Waals surface area (Å²) in [7, 11) is 0. The van der Waals surface area contributed by atoms with E-state index in [1.54, 1.807) is 18.2 Å². The van der Waals surface area contributed by atoms with Crippen molar-refractivity contribution < 1.29 is 18.3 Å². The highest BCUT2D eigenvalue weighted by molar-refractivity contribution is 5.77. The van der Waals surface area contributed by atoms with Crippen molar-refractivity contribution in [2.45, 2.75) is 6.54 Å². The topological polar surface area (TPSA) is 75.0 Å². The van der Waals surface area contributed by atoms with Gasteiger partial charge in [-0.3, -0.25) is 14.5 Å². The molecule has 2 heterocycles. The fraction of sp³-hybridized carbons (Fsp3) is 0.333. The molecular weight excluding hydrogens is 377 g/mol. The summed E-state index contributed by atoms with van der Waals surface area (Å²) in [5.41, 5.74) is 0.670. The number of halogens is 1. The molecule has 2 aromatic rings. The van der Waals surface area contributed by atoms with E-state index >= 15 is 0 Å². The fourth-order valence-corrected chi connectivity index (χ4v) is 3.04. The molecular formula is C21H24FN3O4. The molecule has 1 amide bonds. The van der Waals surface area contributed by atoms with Crippen molar-refractivity contribution in [1.29, 1.82) is 0 Å². The van der Waals surface area contributed by atoms with Crippen molar-refractivity contribution >= 4 is 11.6 Å². The molecule has 1 aliphatic rings. The molecule has 154 valence electrons. The molecule has 1 aliphatic heterocycles. The standard InChI is InChI=1S/C21H24FN3O4/c1-2-7-23-21(27)15-29-20-14-28-18(12-19(20)26)13-24-8-10-25(11-9-24)17-5-3-16(22)4-6-17/h2-6,12,14H,1,7-11,13,15H2,(H,23,27). The Kier molecular flexibility index (Phi) is 7.02. The van der Waals surface area contributed by atoms with Crippen LogP contribution < -0.4 is 20.4 Å². The molecule has 0 atom stereocenters. The van der Waals surface area contributed by atoms with Gasteiger partial charge in [-0.05, 0) is 24.3 Å². The normalized spacial score (nSPS) is 14.4. The van der Waals surface area contributed by atoms with E-state index in [0.717, 1.165) is 31.9 Å². The minimum atomic E-state index is -0.340. The summed E-state index contributed by atoms with van der Waals surface area (Å²) in [5, 5.41) is 2.56. The Balaban J connectivity index is 1.49. The maximum Gasteiger partial charge on any atom is 0.258 e. The summed E-state index contributed by atoms with van der Waals surface area (Å²) in [6.07, 6.45) is 2.80. The predicted molar refractivity (Wildman–Crippen MR) is 108 cm³/mol. The van der Waals surface area contributed by atoms with Gasteiger partial charge >= 0.3 is 0 Å². The molecule has 0 saturated carbocycles. The zero-order valence-corrected chi connectivity index (χ0v) is 16.1. The first-order valence-electron chi connectivity index (χ1n) is 9.40. The number of piperazine rings is 1. The van der Waals surface area contributed by atoms with Crippen molar-refractivity contribution in [2.75, 3.05) is 44.2 Å². The fourth-order valence-electron chi connectivity index (χ4n) is 3.04. The summed E-state index contributed by atoms with van der Waals surface area (Å²) in [6.45, 7) is 7.28. The molecule has 1 aromatic heterocycles. The average molecular weight is 401 g/mol. The van der Waals surface area contributed by atoms with Gasteiger partial charge in [-0.25, -0.2) is 4.39 Å². The largest absolute Gasteiger partial charge is 0.477 e. The van der Waals surface area contributed by atoms with Gasteiger partial charge in [-0.15, -0.1) is 6.58 Å². The minimum absolute atomic E-state index is 0.00336. The number of hydrogen-bond donors (Lipinski definition) is 1. The Hall–Kier alpha value is -3.13. The Morgan fingerprint density at radius 3 is 2.62 bits per heavy atom. The number of amides is 1. The maximum absolute atomic E-state index is 13.1. The van der Waals surface area contributed by atoms with Crippen LogP contribution >= 0.6 is 0 Å². The van der Waals surface area contributed by atoms with Crippen molar-refractivity contribution in [3.8, 4) is 5.75 Å². The van der Waals surface area contributed by atoms with Gasteiger partial charge in [0, 0.05) is 44.5 Å². The molecule has 0 spiro atoms. The van der Waals surface area contributed by atoms with Gasteiger partial charge in [-0.2, -0.15) is 0 Å². The first-order valence-corrected chi connectivity index (χ1v) is 9.40. The Bertz CT molecular complexity index is 890. The van der Waals surface area contributed by atoms with Crippen LogP contribution in [0.3, 0.4) is 0 Å². The van der Waals surface area contributed by atoms with E-state index in [9.17, 15) is 14.0 Å². The number of anilines is 1. The van der Waals surface area contributed by atoms with Crippen LogP contribution in [0.4, 0.5) is 10.1 Å². The smallest absolute Gasteiger partial charge is 0.258 e. The van der Waals surface area contributed by atoms with Gasteiger partial charge in [0.25, 0.3) is 5.91 Å². The number of nitrogens with one attached hydrogen (secondary N) is 1. The van der Waals surface area contributed by atoms with Gasteiger partial charge in [0.1, 0.15) is 17.8 Å². The monoisotopic (exact) mass is 401 g/mol. The van der Waals surface area contributed by atoms with Crippen molar-refractivity contribution in [3.05, 3.63) is 71.1 Å². The van der Waals surface area contributed by atoms with Crippen LogP contribution in [-0.2, 0) is 11.3 Å². The number of carbonyl (C=O) groups is 1. The number of hydrogen-bond acceptors (Lipinski definition) is 6. The molecule has 8 heteroatoms. The molecule has 7 nitrogen and oxygen atoms in total. The van der Waals surface area contributed by atoms with Crippen LogP contribution in [0.2, 0.25) is 0 Å². The minimum Gasteiger partial charge on any atom is -0.477 e. The quantitative estimate of drug-likeness (QED) is 0.680. The lowest BCUT2D eigenvalue weighted by Gasteiger charge is -2.35. The van der Waals surface area contributed by atoms with Crippen LogP contribution in [0.15, 0.2) is 58.5 Å². The third kappa shape index (κ3) is 5.92. The van der Waals surface area contributed by atoms with Gasteiger partial charge in [0.05, 0.1) is 6.54 Å². The second kappa shape index (κ2) is 9.88. The molecule has 1 N–H and O–H groups in total. The van der Waals surface area contributed by atoms with Crippen molar-refractivity contribution in [2.24, 2.45) is 0 Å². The number of nitrogens with zero attached hydrogens (tertiary/aromatic N) is 2. The van der Waals surface area contributed by atoms with E-state index in [4.69, 9.17) is 9.15 Å². The first-order chi connectivity index (χ1) is 14.0. The van der Waals surface area contributed by atoms with E-state index in [1.807, 2.05) is 0 Å². The van der Waals surface area contributed by atoms with Crippen LogP contribution in [0.5, 0.6) is 5.75 Å². The first kappa shape index (κ1) is 20.6. The summed E-state index contributed by atoms with van der Waals surface area (Å²) in [4.78, 5) is 28.1. The van der Waals surface area contributed by atoms with Crippen molar-refractivity contribution in [1.82, 2.24) is 10.2 Å². The van der Waals surface area contributed by atoms with E-state index in [1.165, 1.54) is 24.5 Å². The Morgan fingerprint density at radius 1 is 1.24 bits per heavy atom. The summed E-state index contributed by atoms with van der Waals surface area (Å²) >= 11 is 0. The molecule has 0 radical (unpaired) electrons. The Morgan fingerprint density at radius 2 is 1.97 bits per heavy atom. The lowest BCUT2D eigenvalue weighted by molar-refractivity contribution is -0.122. The van der Waals surface area contributed by atoms with Gasteiger partial charge in [0.2, 0.25) is 11.2 Å². The number of ether oxygens (including phenoxy) is 1. The molecule has 0 bridgehead atoms. The predicted octanol–water partition coefficient (Wildman–Crippen LogP) is 1.78. The van der Waals surface area contributed by atoms with Gasteiger partial charge in [-0.1, -0.05) is 6.08 Å². The van der Waals surface area contributed by atoms with Gasteiger partial charge in [0.15, 0.2) is 6.61 Å². The lowest BCUT2D eigenvalue weighted by Crippen LogP contribution is -2.46. The maximum atomic E-state index is 13.1. The zero-order chi connectivity index (χ0) is 20.6. The third-order valence-corrected chi connectivity index (χ3v) is 4.60. The van der Waals surface area contributed by atoms with Crippen molar-refractivity contribution in [3.63, 3.8) is 0 Å². The highest BCUT2D eigenvalue weighted by atomic mass is 19.1. The van der Waals surface area contributed by atoms with E-state index < -0.39 is 0 Å². The van der Waals surface area contributed by atoms with E-state index in [0.29, 0.717) is 18.8 Å². The lowest BCUT2D eigenvalue weighted by atomic mass is 10.2. The van der Waals surface area contributed by atoms with E-state index in [-0.39, 0.29) is 29.5 Å². The molecule has 0 unspecified atom stereocenters. The highest BCUT2D eigenvalue weighted by Gasteiger charge is 2.18. The van der Waals surface area contributed by atoms with Crippen LogP contribution in [-0.4, -0.2) is 50.1 Å². The van der Waals surface area contributed by atoms with Crippen LogP contribution in [0.1, 0.15) is 5.76 Å². The number of carbonyl (C=O) groups excluding carboxylic acids is 1. The van der Waals surface area contributed by atoms with Crippen LogP contribution in [0.25, 0.3) is 0 Å². The second-order valence-corrected chi connectivity index (χ2v) is 6.70. The molecule has 1 aromatic carbocycles. The molecule has 29 heavy (non-hydrogen) atoms. The Labute approximate surface area is 168 Å². The molecule has 1 saturated heterocycles. The zero-order valence-electron chi connectivity index (χ0n) is 16.1. The molecule has 1 fully saturated rings. The highest BCUT2D eigenvalue weighted by Crippen LogP contribution is 2.18. The molecule has 0 aliphatic carbocycles. The third-order valence-electron chi connectivity index (χ3n) is 4.60. The van der Waals surface area contributed by atoms with E-state index in [2.05, 4.69) is 21.7 Å². The van der Waals surface area contributed by atoms with Crippen LogP contribution in [0, 0.1) is 5.82 Å². The summed E-state index contributed by atoms with van der Waals surface area (Å²) < 4.78 is 23.8. The summed E-state index contributed by atoms with van der Waals surface area (Å²) in [6, 6.07) is 7.87. The SMILES string of the molecule is C=CCNC(=O)COc1coc(CN2CCN(c3ccc(F)cc3)CC2)cc1=O. The summed E-state index contributed by atoms with van der Waals surface area (Å²) in [5.74, 6) is -0.0445.